The molecule has 0 saturated heterocycles. The molecule has 3 heteroatoms. The molecule has 0 bridgehead atoms. The molecule has 2 nitrogen and oxygen atoms in total. The molecule has 2 rings (SSSR count). The van der Waals surface area contributed by atoms with E-state index in [1.54, 1.807) is 12.1 Å². The predicted molar refractivity (Wildman–Crippen MR) is 77.8 cm³/mol. The fourth-order valence-electron chi connectivity index (χ4n) is 2.03. The number of sulfone groups is 1. The summed E-state index contributed by atoms with van der Waals surface area (Å²) in [7, 11) is -3.25. The molecule has 0 N–H and O–H groups in total. The first kappa shape index (κ1) is 13.8. The maximum absolute atomic E-state index is 12.3. The van der Waals surface area contributed by atoms with Crippen LogP contribution in [0, 0.1) is 0 Å². The first-order chi connectivity index (χ1) is 9.12. The number of aryl methyl sites for hydroxylation is 1. The Morgan fingerprint density at radius 1 is 0.842 bits per heavy atom. The zero-order valence-electron chi connectivity index (χ0n) is 11.0. The van der Waals surface area contributed by atoms with Crippen molar-refractivity contribution in [3.63, 3.8) is 0 Å². The second-order valence-corrected chi connectivity index (χ2v) is 6.63. The van der Waals surface area contributed by atoms with E-state index in [2.05, 4.69) is 6.92 Å². The minimum absolute atomic E-state index is 0.0565. The van der Waals surface area contributed by atoms with Crippen molar-refractivity contribution in [3.8, 4) is 0 Å². The first-order valence-corrected chi connectivity index (χ1v) is 8.12. The molecule has 0 aromatic heterocycles. The highest BCUT2D eigenvalue weighted by Crippen LogP contribution is 2.17. The molecule has 0 radical (unpaired) electrons. The molecule has 0 heterocycles. The average molecular weight is 274 g/mol. The second kappa shape index (κ2) is 6.02. The van der Waals surface area contributed by atoms with Gasteiger partial charge in [-0.3, -0.25) is 0 Å². The van der Waals surface area contributed by atoms with E-state index < -0.39 is 9.84 Å². The summed E-state index contributed by atoms with van der Waals surface area (Å²) in [4.78, 5) is 0.399. The van der Waals surface area contributed by atoms with Crippen molar-refractivity contribution in [3.05, 3.63) is 65.7 Å². The van der Waals surface area contributed by atoms with Crippen molar-refractivity contribution in [1.82, 2.24) is 0 Å². The van der Waals surface area contributed by atoms with Gasteiger partial charge in [0.15, 0.2) is 9.84 Å². The van der Waals surface area contributed by atoms with E-state index in [0.29, 0.717) is 4.90 Å². The molecule has 0 saturated carbocycles. The molecule has 0 unspecified atom stereocenters. The SMILES string of the molecule is CCCc1ccc(S(=O)(=O)Cc2ccccc2)cc1. The quantitative estimate of drug-likeness (QED) is 0.834. The van der Waals surface area contributed by atoms with Crippen LogP contribution in [-0.4, -0.2) is 8.42 Å². The van der Waals surface area contributed by atoms with Gasteiger partial charge in [-0.25, -0.2) is 8.42 Å². The van der Waals surface area contributed by atoms with Crippen LogP contribution in [0.3, 0.4) is 0 Å². The minimum atomic E-state index is -3.25. The normalized spacial score (nSPS) is 11.4. The molecular formula is C16H18O2S. The third-order valence-corrected chi connectivity index (χ3v) is 4.72. The van der Waals surface area contributed by atoms with Crippen molar-refractivity contribution in [2.75, 3.05) is 0 Å². The minimum Gasteiger partial charge on any atom is -0.223 e. The number of benzene rings is 2. The van der Waals surface area contributed by atoms with E-state index in [9.17, 15) is 8.42 Å². The molecule has 0 spiro atoms. The molecule has 0 aliphatic rings. The lowest BCUT2D eigenvalue weighted by molar-refractivity contribution is 0.595. The van der Waals surface area contributed by atoms with Crippen LogP contribution in [0.5, 0.6) is 0 Å². The predicted octanol–water partition coefficient (Wildman–Crippen LogP) is 3.61. The fourth-order valence-corrected chi connectivity index (χ4v) is 3.38. The van der Waals surface area contributed by atoms with Gasteiger partial charge in [0, 0.05) is 0 Å². The molecule has 100 valence electrons. The topological polar surface area (TPSA) is 34.1 Å². The summed E-state index contributed by atoms with van der Waals surface area (Å²) in [5.74, 6) is 0.0565. The molecule has 0 atom stereocenters. The highest BCUT2D eigenvalue weighted by Gasteiger charge is 2.14. The monoisotopic (exact) mass is 274 g/mol. The standard InChI is InChI=1S/C16H18O2S/c1-2-6-14-9-11-16(12-10-14)19(17,18)13-15-7-4-3-5-8-15/h3-5,7-12H,2,6,13H2,1H3. The Kier molecular flexibility index (Phi) is 4.38. The lowest BCUT2D eigenvalue weighted by atomic mass is 10.1. The Bertz CT molecular complexity index is 614. The number of hydrogen-bond acceptors (Lipinski definition) is 2. The van der Waals surface area contributed by atoms with Gasteiger partial charge in [-0.1, -0.05) is 55.8 Å². The van der Waals surface area contributed by atoms with Crippen LogP contribution in [0.2, 0.25) is 0 Å². The van der Waals surface area contributed by atoms with Crippen molar-refractivity contribution >= 4 is 9.84 Å². The maximum Gasteiger partial charge on any atom is 0.182 e. The third kappa shape index (κ3) is 3.67. The Hall–Kier alpha value is -1.61. The van der Waals surface area contributed by atoms with Crippen LogP contribution in [0.1, 0.15) is 24.5 Å². The second-order valence-electron chi connectivity index (χ2n) is 4.64. The van der Waals surface area contributed by atoms with E-state index in [0.717, 1.165) is 18.4 Å². The lowest BCUT2D eigenvalue weighted by Crippen LogP contribution is -2.05. The van der Waals surface area contributed by atoms with E-state index in [4.69, 9.17) is 0 Å². The van der Waals surface area contributed by atoms with Crippen molar-refractivity contribution < 1.29 is 8.42 Å². The Morgan fingerprint density at radius 2 is 1.47 bits per heavy atom. The van der Waals surface area contributed by atoms with E-state index in [1.165, 1.54) is 5.56 Å². The van der Waals surface area contributed by atoms with Gasteiger partial charge in [0.1, 0.15) is 0 Å². The van der Waals surface area contributed by atoms with Gasteiger partial charge >= 0.3 is 0 Å². The maximum atomic E-state index is 12.3. The summed E-state index contributed by atoms with van der Waals surface area (Å²) in [5, 5.41) is 0. The molecule has 0 aliphatic carbocycles. The van der Waals surface area contributed by atoms with Crippen LogP contribution in [0.25, 0.3) is 0 Å². The number of rotatable bonds is 5. The van der Waals surface area contributed by atoms with E-state index in [1.807, 2.05) is 42.5 Å². The average Bonchev–Trinajstić information content (AvgIpc) is 2.40. The van der Waals surface area contributed by atoms with Gasteiger partial charge in [0.2, 0.25) is 0 Å². The Labute approximate surface area is 115 Å². The largest absolute Gasteiger partial charge is 0.223 e. The summed E-state index contributed by atoms with van der Waals surface area (Å²) < 4.78 is 24.5. The van der Waals surface area contributed by atoms with Crippen LogP contribution in [0.15, 0.2) is 59.5 Å². The molecule has 0 amide bonds. The lowest BCUT2D eigenvalue weighted by Gasteiger charge is -2.06. The molecule has 2 aromatic carbocycles. The number of hydrogen-bond donors (Lipinski definition) is 0. The van der Waals surface area contributed by atoms with Crippen LogP contribution in [0.4, 0.5) is 0 Å². The zero-order valence-corrected chi connectivity index (χ0v) is 11.9. The van der Waals surface area contributed by atoms with Crippen LogP contribution in [-0.2, 0) is 22.0 Å². The summed E-state index contributed by atoms with van der Waals surface area (Å²) in [6.45, 7) is 2.11. The van der Waals surface area contributed by atoms with Crippen molar-refractivity contribution in [1.29, 1.82) is 0 Å². The van der Waals surface area contributed by atoms with Gasteiger partial charge < -0.3 is 0 Å². The fraction of sp³-hybridized carbons (Fsp3) is 0.250. The van der Waals surface area contributed by atoms with Gasteiger partial charge in [-0.2, -0.15) is 0 Å². The van der Waals surface area contributed by atoms with Gasteiger partial charge in [-0.15, -0.1) is 0 Å². The summed E-state index contributed by atoms with van der Waals surface area (Å²) in [6.07, 6.45) is 2.05. The van der Waals surface area contributed by atoms with Crippen LogP contribution >= 0.6 is 0 Å². The Morgan fingerprint density at radius 3 is 2.05 bits per heavy atom. The summed E-state index contributed by atoms with van der Waals surface area (Å²) >= 11 is 0. The van der Waals surface area contributed by atoms with Crippen molar-refractivity contribution in [2.45, 2.75) is 30.4 Å². The molecule has 0 aliphatic heterocycles. The molecule has 0 fully saturated rings. The van der Waals surface area contributed by atoms with Gasteiger partial charge in [0.25, 0.3) is 0 Å². The molecule has 2 aromatic rings. The third-order valence-electron chi connectivity index (χ3n) is 3.02. The highest BCUT2D eigenvalue weighted by molar-refractivity contribution is 7.90. The first-order valence-electron chi connectivity index (χ1n) is 6.47. The van der Waals surface area contributed by atoms with Gasteiger partial charge in [0.05, 0.1) is 10.6 Å². The zero-order chi connectivity index (χ0) is 13.7. The Balaban J connectivity index is 2.20. The van der Waals surface area contributed by atoms with E-state index in [-0.39, 0.29) is 5.75 Å². The molecule has 19 heavy (non-hydrogen) atoms. The highest BCUT2D eigenvalue weighted by atomic mass is 32.2. The smallest absolute Gasteiger partial charge is 0.182 e. The van der Waals surface area contributed by atoms with Gasteiger partial charge in [-0.05, 0) is 29.7 Å². The van der Waals surface area contributed by atoms with Crippen LogP contribution < -0.4 is 0 Å². The van der Waals surface area contributed by atoms with E-state index >= 15 is 0 Å². The molecular weight excluding hydrogens is 256 g/mol. The summed E-state index contributed by atoms with van der Waals surface area (Å²) in [5.41, 5.74) is 2.00. The van der Waals surface area contributed by atoms with Crippen molar-refractivity contribution in [2.24, 2.45) is 0 Å². The summed E-state index contributed by atoms with van der Waals surface area (Å²) in [6, 6.07) is 16.5.